The summed E-state index contributed by atoms with van der Waals surface area (Å²) in [4.78, 5) is 7.82. The molecule has 0 radical (unpaired) electrons. The topological polar surface area (TPSA) is 37.9 Å². The van der Waals surface area contributed by atoms with E-state index in [1.807, 2.05) is 19.1 Å². The van der Waals surface area contributed by atoms with Crippen molar-refractivity contribution in [2.75, 3.05) is 7.11 Å². The van der Waals surface area contributed by atoms with Crippen LogP contribution in [0, 0.1) is 12.7 Å². The van der Waals surface area contributed by atoms with Crippen LogP contribution in [0.5, 0.6) is 5.75 Å². The summed E-state index contributed by atoms with van der Waals surface area (Å²) >= 11 is 3.46. The van der Waals surface area contributed by atoms with Gasteiger partial charge in [0.2, 0.25) is 0 Å². The Morgan fingerprint density at radius 2 is 2.05 bits per heavy atom. The maximum absolute atomic E-state index is 13.4. The van der Waals surface area contributed by atoms with E-state index in [9.17, 15) is 4.39 Å². The number of benzene rings is 2. The van der Waals surface area contributed by atoms with Crippen molar-refractivity contribution in [3.63, 3.8) is 0 Å². The zero-order valence-corrected chi connectivity index (χ0v) is 12.6. The van der Waals surface area contributed by atoms with Gasteiger partial charge in [-0.15, -0.1) is 0 Å². The number of hydrogen-bond donors (Lipinski definition) is 1. The van der Waals surface area contributed by atoms with Crippen molar-refractivity contribution in [2.45, 2.75) is 6.92 Å². The van der Waals surface area contributed by atoms with Crippen LogP contribution in [0.25, 0.3) is 22.4 Å². The molecule has 0 bridgehead atoms. The zero-order valence-electron chi connectivity index (χ0n) is 11.0. The lowest BCUT2D eigenvalue weighted by Crippen LogP contribution is -1.89. The summed E-state index contributed by atoms with van der Waals surface area (Å²) in [5.41, 5.74) is 3.71. The summed E-state index contributed by atoms with van der Waals surface area (Å²) in [6.45, 7) is 2.00. The average molecular weight is 335 g/mol. The summed E-state index contributed by atoms with van der Waals surface area (Å²) in [7, 11) is 1.45. The first-order chi connectivity index (χ1) is 9.58. The van der Waals surface area contributed by atoms with Crippen molar-refractivity contribution in [3.8, 4) is 17.1 Å². The Labute approximate surface area is 123 Å². The minimum Gasteiger partial charge on any atom is -0.494 e. The number of halogens is 2. The van der Waals surface area contributed by atoms with Gasteiger partial charge in [0, 0.05) is 10.0 Å². The maximum atomic E-state index is 13.4. The van der Waals surface area contributed by atoms with E-state index < -0.39 is 0 Å². The van der Waals surface area contributed by atoms with Gasteiger partial charge in [0.05, 0.1) is 18.1 Å². The van der Waals surface area contributed by atoms with E-state index in [1.165, 1.54) is 13.2 Å². The van der Waals surface area contributed by atoms with Crippen molar-refractivity contribution in [3.05, 3.63) is 46.2 Å². The Hall–Kier alpha value is -1.88. The smallest absolute Gasteiger partial charge is 0.165 e. The number of aryl methyl sites for hydroxylation is 1. The molecule has 3 rings (SSSR count). The predicted octanol–water partition coefficient (Wildman–Crippen LogP) is 4.45. The van der Waals surface area contributed by atoms with E-state index in [4.69, 9.17) is 4.74 Å². The number of ether oxygens (including phenoxy) is 1. The first kappa shape index (κ1) is 13.1. The monoisotopic (exact) mass is 334 g/mol. The fourth-order valence-electron chi connectivity index (χ4n) is 2.19. The van der Waals surface area contributed by atoms with Crippen molar-refractivity contribution < 1.29 is 9.13 Å². The molecular weight excluding hydrogens is 323 g/mol. The van der Waals surface area contributed by atoms with Crippen LogP contribution >= 0.6 is 15.9 Å². The average Bonchev–Trinajstić information content (AvgIpc) is 2.83. The Kier molecular flexibility index (Phi) is 3.22. The van der Waals surface area contributed by atoms with Gasteiger partial charge in [-0.2, -0.15) is 0 Å². The van der Waals surface area contributed by atoms with Gasteiger partial charge in [0.25, 0.3) is 0 Å². The number of hydrogen-bond acceptors (Lipinski definition) is 2. The number of nitrogens with zero attached hydrogens (tertiary/aromatic N) is 1. The highest BCUT2D eigenvalue weighted by Crippen LogP contribution is 2.28. The van der Waals surface area contributed by atoms with Gasteiger partial charge in [-0.05, 0) is 42.8 Å². The summed E-state index contributed by atoms with van der Waals surface area (Å²) in [6.07, 6.45) is 0. The van der Waals surface area contributed by atoms with E-state index in [1.54, 1.807) is 12.1 Å². The SMILES string of the molecule is COc1cc(-c2nc3c(C)cc(Br)cc3[nH]2)ccc1F. The lowest BCUT2D eigenvalue weighted by atomic mass is 10.2. The van der Waals surface area contributed by atoms with E-state index in [2.05, 4.69) is 25.9 Å². The van der Waals surface area contributed by atoms with Crippen molar-refractivity contribution in [1.29, 1.82) is 0 Å². The van der Waals surface area contributed by atoms with E-state index >= 15 is 0 Å². The van der Waals surface area contributed by atoms with Crippen molar-refractivity contribution >= 4 is 27.0 Å². The van der Waals surface area contributed by atoms with E-state index in [-0.39, 0.29) is 11.6 Å². The number of methoxy groups -OCH3 is 1. The first-order valence-corrected chi connectivity index (χ1v) is 6.87. The van der Waals surface area contributed by atoms with Crippen LogP contribution in [0.1, 0.15) is 5.56 Å². The van der Waals surface area contributed by atoms with Crippen LogP contribution in [0.3, 0.4) is 0 Å². The minimum atomic E-state index is -0.383. The van der Waals surface area contributed by atoms with Crippen LogP contribution < -0.4 is 4.74 Å². The molecule has 0 spiro atoms. The summed E-state index contributed by atoms with van der Waals surface area (Å²) in [5.74, 6) is 0.520. The molecule has 1 heterocycles. The molecule has 5 heteroatoms. The molecule has 0 aliphatic rings. The number of rotatable bonds is 2. The lowest BCUT2D eigenvalue weighted by molar-refractivity contribution is 0.387. The van der Waals surface area contributed by atoms with Crippen LogP contribution in [0.2, 0.25) is 0 Å². The third-order valence-electron chi connectivity index (χ3n) is 3.17. The second kappa shape index (κ2) is 4.90. The fourth-order valence-corrected chi connectivity index (χ4v) is 2.76. The number of imidazole rings is 1. The summed E-state index contributed by atoms with van der Waals surface area (Å²) in [6, 6.07) is 8.68. The molecule has 0 saturated heterocycles. The van der Waals surface area contributed by atoms with Crippen molar-refractivity contribution in [1.82, 2.24) is 9.97 Å². The van der Waals surface area contributed by atoms with Gasteiger partial charge < -0.3 is 9.72 Å². The third-order valence-corrected chi connectivity index (χ3v) is 3.62. The zero-order chi connectivity index (χ0) is 14.3. The molecule has 0 fully saturated rings. The highest BCUT2D eigenvalue weighted by molar-refractivity contribution is 9.10. The Bertz CT molecular complexity index is 798. The Balaban J connectivity index is 2.17. The van der Waals surface area contributed by atoms with Crippen LogP contribution in [-0.4, -0.2) is 17.1 Å². The van der Waals surface area contributed by atoms with Gasteiger partial charge >= 0.3 is 0 Å². The lowest BCUT2D eigenvalue weighted by Gasteiger charge is -2.03. The molecule has 0 atom stereocenters. The Morgan fingerprint density at radius 3 is 2.80 bits per heavy atom. The quantitative estimate of drug-likeness (QED) is 0.751. The molecule has 0 saturated carbocycles. The van der Waals surface area contributed by atoms with Gasteiger partial charge in [-0.3, -0.25) is 0 Å². The number of aromatic amines is 1. The van der Waals surface area contributed by atoms with Gasteiger partial charge in [-0.1, -0.05) is 15.9 Å². The summed E-state index contributed by atoms with van der Waals surface area (Å²) < 4.78 is 19.4. The maximum Gasteiger partial charge on any atom is 0.165 e. The van der Waals surface area contributed by atoms with Gasteiger partial charge in [-0.25, -0.2) is 9.37 Å². The number of nitrogens with one attached hydrogen (secondary N) is 1. The third kappa shape index (κ3) is 2.18. The second-order valence-corrected chi connectivity index (χ2v) is 5.47. The van der Waals surface area contributed by atoms with E-state index in [0.717, 1.165) is 26.6 Å². The standard InChI is InChI=1S/C15H12BrFN2O/c1-8-5-10(16)7-12-14(8)19-15(18-12)9-3-4-11(17)13(6-9)20-2/h3-7H,1-2H3,(H,18,19). The molecule has 0 aliphatic heterocycles. The largest absolute Gasteiger partial charge is 0.494 e. The number of fused-ring (bicyclic) bond motifs is 1. The summed E-state index contributed by atoms with van der Waals surface area (Å²) in [5, 5.41) is 0. The molecule has 3 aromatic rings. The highest BCUT2D eigenvalue weighted by atomic mass is 79.9. The van der Waals surface area contributed by atoms with E-state index in [0.29, 0.717) is 5.82 Å². The predicted molar refractivity (Wildman–Crippen MR) is 80.5 cm³/mol. The van der Waals surface area contributed by atoms with Gasteiger partial charge in [0.1, 0.15) is 5.82 Å². The molecule has 102 valence electrons. The molecule has 20 heavy (non-hydrogen) atoms. The molecule has 1 N–H and O–H groups in total. The molecule has 0 unspecified atom stereocenters. The minimum absolute atomic E-state index is 0.209. The second-order valence-electron chi connectivity index (χ2n) is 4.55. The first-order valence-electron chi connectivity index (χ1n) is 6.08. The molecule has 2 aromatic carbocycles. The van der Waals surface area contributed by atoms with Crippen molar-refractivity contribution in [2.24, 2.45) is 0 Å². The van der Waals surface area contributed by atoms with Crippen LogP contribution in [-0.2, 0) is 0 Å². The molecule has 0 aliphatic carbocycles. The molecule has 3 nitrogen and oxygen atoms in total. The number of H-pyrrole nitrogens is 1. The fraction of sp³-hybridized carbons (Fsp3) is 0.133. The Morgan fingerprint density at radius 1 is 1.25 bits per heavy atom. The molecule has 1 aromatic heterocycles. The van der Waals surface area contributed by atoms with Crippen LogP contribution in [0.15, 0.2) is 34.8 Å². The van der Waals surface area contributed by atoms with Crippen LogP contribution in [0.4, 0.5) is 4.39 Å². The normalized spacial score (nSPS) is 11.0. The van der Waals surface area contributed by atoms with Gasteiger partial charge in [0.15, 0.2) is 11.6 Å². The number of aromatic nitrogens is 2. The highest BCUT2D eigenvalue weighted by Gasteiger charge is 2.11. The molecule has 0 amide bonds. The molecular formula is C15H12BrFN2O.